The maximum absolute atomic E-state index is 7.30. The molecule has 4 heteroatoms. The molecule has 0 N–H and O–H groups in total. The average molecular weight is 443 g/mol. The second-order valence-corrected chi connectivity index (χ2v) is 13.1. The minimum absolute atomic E-state index is 0.135. The lowest BCUT2D eigenvalue weighted by molar-refractivity contribution is 0.409. The number of hydrogen-bond donors (Lipinski definition) is 0. The van der Waals surface area contributed by atoms with Gasteiger partial charge in [0, 0.05) is 5.39 Å². The van der Waals surface area contributed by atoms with E-state index in [9.17, 15) is 0 Å². The molecule has 0 unspecified atom stereocenters. The number of methoxy groups -OCH3 is 2. The molecule has 0 spiro atoms. The molecule has 0 aliphatic heterocycles. The molecule has 0 aliphatic rings. The molecule has 32 heavy (non-hydrogen) atoms. The van der Waals surface area contributed by atoms with Gasteiger partial charge in [-0.25, -0.2) is 0 Å². The van der Waals surface area contributed by atoms with Crippen molar-refractivity contribution in [2.24, 2.45) is 0 Å². The van der Waals surface area contributed by atoms with Gasteiger partial charge >= 0.3 is 8.32 Å². The standard InChI is InChI=1S/C28H30O3Si/c1-28(2,3)32(21-13-8-6-9-14-21,22-15-10-7-11-16-22)31-26-18-12-17-23-24(29-4)19-20-25(30-5)27(23)26/h6-20H,1-5H3. The second kappa shape index (κ2) is 8.71. The Bertz CT molecular complexity index is 1160. The van der Waals surface area contributed by atoms with Gasteiger partial charge in [-0.05, 0) is 33.6 Å². The van der Waals surface area contributed by atoms with E-state index in [0.717, 1.165) is 28.0 Å². The van der Waals surface area contributed by atoms with Crippen LogP contribution in [0.3, 0.4) is 0 Å². The molecule has 0 aliphatic carbocycles. The molecule has 0 radical (unpaired) electrons. The van der Waals surface area contributed by atoms with Gasteiger partial charge in [0.1, 0.15) is 17.2 Å². The molecule has 0 amide bonds. The van der Waals surface area contributed by atoms with Crippen LogP contribution in [0.1, 0.15) is 20.8 Å². The zero-order chi connectivity index (χ0) is 22.8. The van der Waals surface area contributed by atoms with Gasteiger partial charge in [0.05, 0.1) is 19.6 Å². The minimum Gasteiger partial charge on any atom is -0.533 e. The van der Waals surface area contributed by atoms with E-state index in [1.807, 2.05) is 24.3 Å². The van der Waals surface area contributed by atoms with Gasteiger partial charge in [-0.3, -0.25) is 0 Å². The van der Waals surface area contributed by atoms with Crippen LogP contribution in [0.2, 0.25) is 5.04 Å². The Hall–Kier alpha value is -3.24. The summed E-state index contributed by atoms with van der Waals surface area (Å²) in [6.07, 6.45) is 0. The van der Waals surface area contributed by atoms with Crippen molar-refractivity contribution < 1.29 is 13.9 Å². The van der Waals surface area contributed by atoms with Crippen molar-refractivity contribution in [3.8, 4) is 17.2 Å². The first-order valence-electron chi connectivity index (χ1n) is 10.9. The summed E-state index contributed by atoms with van der Waals surface area (Å²) in [6, 6.07) is 31.3. The predicted molar refractivity (Wildman–Crippen MR) is 135 cm³/mol. The zero-order valence-electron chi connectivity index (χ0n) is 19.4. The first kappa shape index (κ1) is 22.0. The summed E-state index contributed by atoms with van der Waals surface area (Å²) >= 11 is 0. The fourth-order valence-corrected chi connectivity index (χ4v) is 8.99. The molecular weight excluding hydrogens is 412 g/mol. The predicted octanol–water partition coefficient (Wildman–Crippen LogP) is 5.80. The monoisotopic (exact) mass is 442 g/mol. The third-order valence-electron chi connectivity index (χ3n) is 6.04. The van der Waals surface area contributed by atoms with Crippen LogP contribution in [0.25, 0.3) is 10.8 Å². The van der Waals surface area contributed by atoms with Gasteiger partial charge in [-0.1, -0.05) is 93.6 Å². The Morgan fingerprint density at radius 2 is 1.09 bits per heavy atom. The Balaban J connectivity index is 2.05. The SMILES string of the molecule is COc1ccc(OC)c2c(O[Si](c3ccccc3)(c3ccccc3)C(C)(C)C)cccc12. The normalized spacial score (nSPS) is 11.9. The quantitative estimate of drug-likeness (QED) is 0.354. The van der Waals surface area contributed by atoms with Gasteiger partial charge in [0.2, 0.25) is 0 Å². The molecule has 0 atom stereocenters. The highest BCUT2D eigenvalue weighted by atomic mass is 28.4. The third kappa shape index (κ3) is 3.65. The minimum atomic E-state index is -2.77. The summed E-state index contributed by atoms with van der Waals surface area (Å²) in [5.74, 6) is 2.38. The average Bonchev–Trinajstić information content (AvgIpc) is 2.82. The van der Waals surface area contributed by atoms with Crippen molar-refractivity contribution >= 4 is 29.5 Å². The van der Waals surface area contributed by atoms with Crippen molar-refractivity contribution in [1.82, 2.24) is 0 Å². The summed E-state index contributed by atoms with van der Waals surface area (Å²) in [5.41, 5.74) is 0. The highest BCUT2D eigenvalue weighted by Gasteiger charge is 2.52. The molecule has 3 nitrogen and oxygen atoms in total. The summed E-state index contributed by atoms with van der Waals surface area (Å²) in [5, 5.41) is 4.24. The molecule has 0 saturated heterocycles. The summed E-state index contributed by atoms with van der Waals surface area (Å²) in [4.78, 5) is 0. The van der Waals surface area contributed by atoms with Crippen LogP contribution in [0, 0.1) is 0 Å². The van der Waals surface area contributed by atoms with Crippen LogP contribution in [0.15, 0.2) is 91.0 Å². The van der Waals surface area contributed by atoms with Gasteiger partial charge < -0.3 is 13.9 Å². The lowest BCUT2D eigenvalue weighted by atomic mass is 10.1. The van der Waals surface area contributed by atoms with Crippen LogP contribution in [0.4, 0.5) is 0 Å². The van der Waals surface area contributed by atoms with E-state index in [1.165, 1.54) is 10.4 Å². The molecule has 0 saturated carbocycles. The van der Waals surface area contributed by atoms with E-state index < -0.39 is 8.32 Å². The summed E-state index contributed by atoms with van der Waals surface area (Å²) < 4.78 is 18.7. The fourth-order valence-electron chi connectivity index (χ4n) is 4.56. The molecular formula is C28H30O3Si. The first-order valence-corrected chi connectivity index (χ1v) is 12.8. The van der Waals surface area contributed by atoms with Crippen LogP contribution < -0.4 is 24.3 Å². The summed E-state index contributed by atoms with van der Waals surface area (Å²) in [6.45, 7) is 6.84. The largest absolute Gasteiger partial charge is 0.533 e. The molecule has 0 fully saturated rings. The van der Waals surface area contributed by atoms with Crippen LogP contribution >= 0.6 is 0 Å². The highest BCUT2D eigenvalue weighted by molar-refractivity contribution is 7.00. The fraction of sp³-hybridized carbons (Fsp3) is 0.214. The smallest absolute Gasteiger partial charge is 0.319 e. The first-order chi connectivity index (χ1) is 15.4. The Kier molecular flexibility index (Phi) is 5.98. The lowest BCUT2D eigenvalue weighted by Gasteiger charge is -2.43. The van der Waals surface area contributed by atoms with Crippen LogP contribution in [-0.2, 0) is 0 Å². The summed E-state index contributed by atoms with van der Waals surface area (Å²) in [7, 11) is 0.620. The van der Waals surface area contributed by atoms with E-state index in [4.69, 9.17) is 13.9 Å². The van der Waals surface area contributed by atoms with E-state index in [2.05, 4.69) is 87.5 Å². The van der Waals surface area contributed by atoms with E-state index in [0.29, 0.717) is 0 Å². The number of benzene rings is 4. The van der Waals surface area contributed by atoms with Crippen molar-refractivity contribution in [2.75, 3.05) is 14.2 Å². The molecule has 4 rings (SSSR count). The molecule has 4 aromatic rings. The number of ether oxygens (including phenoxy) is 2. The van der Waals surface area contributed by atoms with Crippen molar-refractivity contribution in [2.45, 2.75) is 25.8 Å². The van der Waals surface area contributed by atoms with Crippen molar-refractivity contribution in [3.05, 3.63) is 91.0 Å². The molecule has 0 aromatic heterocycles. The van der Waals surface area contributed by atoms with Gasteiger partial charge in [-0.15, -0.1) is 0 Å². The van der Waals surface area contributed by atoms with E-state index in [-0.39, 0.29) is 5.04 Å². The highest BCUT2D eigenvalue weighted by Crippen LogP contribution is 2.43. The maximum atomic E-state index is 7.30. The number of rotatable bonds is 6. The Labute approximate surface area is 191 Å². The zero-order valence-corrected chi connectivity index (χ0v) is 20.4. The number of hydrogen-bond acceptors (Lipinski definition) is 3. The molecule has 164 valence electrons. The van der Waals surface area contributed by atoms with E-state index in [1.54, 1.807) is 14.2 Å². The number of fused-ring (bicyclic) bond motifs is 1. The Morgan fingerprint density at radius 1 is 0.562 bits per heavy atom. The van der Waals surface area contributed by atoms with E-state index >= 15 is 0 Å². The molecule has 0 heterocycles. The molecule has 4 aromatic carbocycles. The van der Waals surface area contributed by atoms with Gasteiger partial charge in [0.15, 0.2) is 0 Å². The molecule has 0 bridgehead atoms. The van der Waals surface area contributed by atoms with Gasteiger partial charge in [-0.2, -0.15) is 0 Å². The lowest BCUT2D eigenvalue weighted by Crippen LogP contribution is -2.68. The van der Waals surface area contributed by atoms with Crippen LogP contribution in [-0.4, -0.2) is 22.5 Å². The Morgan fingerprint density at radius 3 is 1.59 bits per heavy atom. The van der Waals surface area contributed by atoms with Crippen molar-refractivity contribution in [1.29, 1.82) is 0 Å². The maximum Gasteiger partial charge on any atom is 0.319 e. The topological polar surface area (TPSA) is 27.7 Å². The van der Waals surface area contributed by atoms with Crippen molar-refractivity contribution in [3.63, 3.8) is 0 Å². The second-order valence-electron chi connectivity index (χ2n) is 8.91. The van der Waals surface area contributed by atoms with Crippen LogP contribution in [0.5, 0.6) is 17.2 Å². The van der Waals surface area contributed by atoms with Gasteiger partial charge in [0.25, 0.3) is 0 Å². The third-order valence-corrected chi connectivity index (χ3v) is 11.0.